The Labute approximate surface area is 93.9 Å². The van der Waals surface area contributed by atoms with Crippen LogP contribution in [-0.4, -0.2) is 16.3 Å². The van der Waals surface area contributed by atoms with E-state index in [-0.39, 0.29) is 5.41 Å². The van der Waals surface area contributed by atoms with E-state index in [4.69, 9.17) is 11.6 Å². The normalized spacial score (nSPS) is 21.8. The van der Waals surface area contributed by atoms with Crippen molar-refractivity contribution in [3.05, 3.63) is 23.2 Å². The summed E-state index contributed by atoms with van der Waals surface area (Å²) in [4.78, 5) is 19.4. The lowest BCUT2D eigenvalue weighted by atomic mass is 9.54. The van der Waals surface area contributed by atoms with Crippen LogP contribution in [-0.2, 0) is 10.2 Å². The molecule has 1 aliphatic carbocycles. The smallest absolute Gasteiger partial charge is 0.151 e. The molecule has 0 amide bonds. The molecule has 0 saturated heterocycles. The number of carbonyl (C=O) groups is 1. The molecule has 80 valence electrons. The summed E-state index contributed by atoms with van der Waals surface area (Å²) >= 11 is 5.96. The SMILES string of the molecule is CC1(C)CC(C=O)(c2nccnc2Cl)C1. The van der Waals surface area contributed by atoms with Gasteiger partial charge in [0, 0.05) is 12.4 Å². The molecule has 1 saturated carbocycles. The number of aldehydes is 1. The van der Waals surface area contributed by atoms with Crippen LogP contribution in [0.25, 0.3) is 0 Å². The van der Waals surface area contributed by atoms with Crippen molar-refractivity contribution in [2.45, 2.75) is 32.1 Å². The fraction of sp³-hybridized carbons (Fsp3) is 0.545. The fourth-order valence-corrected chi connectivity index (χ4v) is 2.91. The van der Waals surface area contributed by atoms with Crippen molar-refractivity contribution in [3.63, 3.8) is 0 Å². The minimum absolute atomic E-state index is 0.196. The predicted octanol–water partition coefficient (Wildman–Crippen LogP) is 2.39. The quantitative estimate of drug-likeness (QED) is 0.725. The van der Waals surface area contributed by atoms with Gasteiger partial charge in [0.1, 0.15) is 6.29 Å². The van der Waals surface area contributed by atoms with E-state index < -0.39 is 5.41 Å². The standard InChI is InChI=1S/C11H13ClN2O/c1-10(2)5-11(6-10,7-15)8-9(12)14-4-3-13-8/h3-4,7H,5-6H2,1-2H3. The van der Waals surface area contributed by atoms with Gasteiger partial charge in [-0.1, -0.05) is 25.4 Å². The van der Waals surface area contributed by atoms with Crippen molar-refractivity contribution in [2.24, 2.45) is 5.41 Å². The maximum absolute atomic E-state index is 11.2. The molecule has 0 radical (unpaired) electrons. The Bertz CT molecular complexity index is 395. The second kappa shape index (κ2) is 3.27. The molecule has 2 rings (SSSR count). The third-order valence-electron chi connectivity index (χ3n) is 2.94. The van der Waals surface area contributed by atoms with Crippen LogP contribution < -0.4 is 0 Å². The topological polar surface area (TPSA) is 42.9 Å². The number of hydrogen-bond acceptors (Lipinski definition) is 3. The summed E-state index contributed by atoms with van der Waals surface area (Å²) in [7, 11) is 0. The summed E-state index contributed by atoms with van der Waals surface area (Å²) in [6.45, 7) is 4.28. The summed E-state index contributed by atoms with van der Waals surface area (Å²) < 4.78 is 0. The minimum atomic E-state index is -0.505. The molecule has 1 aromatic rings. The van der Waals surface area contributed by atoms with Gasteiger partial charge in [-0.15, -0.1) is 0 Å². The van der Waals surface area contributed by atoms with Crippen molar-refractivity contribution in [1.82, 2.24) is 9.97 Å². The molecule has 15 heavy (non-hydrogen) atoms. The Morgan fingerprint density at radius 1 is 1.33 bits per heavy atom. The highest BCUT2D eigenvalue weighted by molar-refractivity contribution is 6.30. The van der Waals surface area contributed by atoms with Crippen molar-refractivity contribution in [3.8, 4) is 0 Å². The molecule has 1 aliphatic rings. The zero-order valence-electron chi connectivity index (χ0n) is 8.83. The van der Waals surface area contributed by atoms with E-state index in [0.717, 1.165) is 19.1 Å². The van der Waals surface area contributed by atoms with Gasteiger partial charge in [0.15, 0.2) is 5.15 Å². The molecule has 4 heteroatoms. The lowest BCUT2D eigenvalue weighted by Gasteiger charge is -2.49. The van der Waals surface area contributed by atoms with Crippen LogP contribution in [0.2, 0.25) is 5.15 Å². The lowest BCUT2D eigenvalue weighted by Crippen LogP contribution is -2.48. The number of halogens is 1. The van der Waals surface area contributed by atoms with E-state index in [2.05, 4.69) is 23.8 Å². The van der Waals surface area contributed by atoms with Crippen LogP contribution in [0.4, 0.5) is 0 Å². The van der Waals surface area contributed by atoms with E-state index in [1.807, 2.05) is 0 Å². The van der Waals surface area contributed by atoms with Gasteiger partial charge in [-0.2, -0.15) is 0 Å². The van der Waals surface area contributed by atoms with Crippen LogP contribution in [0, 0.1) is 5.41 Å². The van der Waals surface area contributed by atoms with E-state index in [1.54, 1.807) is 6.20 Å². The Kier molecular flexibility index (Phi) is 2.30. The molecular formula is C11H13ClN2O. The third kappa shape index (κ3) is 1.65. The minimum Gasteiger partial charge on any atom is -0.302 e. The number of rotatable bonds is 2. The van der Waals surface area contributed by atoms with E-state index in [1.165, 1.54) is 6.20 Å². The molecule has 0 aromatic carbocycles. The van der Waals surface area contributed by atoms with Gasteiger partial charge in [-0.05, 0) is 18.3 Å². The zero-order chi connectivity index (χ0) is 11.1. The van der Waals surface area contributed by atoms with E-state index in [9.17, 15) is 4.79 Å². The largest absolute Gasteiger partial charge is 0.302 e. The number of hydrogen-bond donors (Lipinski definition) is 0. The van der Waals surface area contributed by atoms with Crippen LogP contribution in [0.5, 0.6) is 0 Å². The van der Waals surface area contributed by atoms with Crippen LogP contribution in [0.15, 0.2) is 12.4 Å². The number of carbonyl (C=O) groups excluding carboxylic acids is 1. The van der Waals surface area contributed by atoms with Crippen molar-refractivity contribution >= 4 is 17.9 Å². The zero-order valence-corrected chi connectivity index (χ0v) is 9.58. The van der Waals surface area contributed by atoms with Crippen molar-refractivity contribution in [1.29, 1.82) is 0 Å². The predicted molar refractivity (Wildman–Crippen MR) is 57.8 cm³/mol. The first-order valence-corrected chi connectivity index (χ1v) is 5.30. The maximum Gasteiger partial charge on any atom is 0.151 e. The molecule has 1 aromatic heterocycles. The summed E-state index contributed by atoms with van der Waals surface area (Å²) in [5.74, 6) is 0. The summed E-state index contributed by atoms with van der Waals surface area (Å²) in [6.07, 6.45) is 5.67. The van der Waals surface area contributed by atoms with E-state index >= 15 is 0 Å². The second-order valence-electron chi connectivity index (χ2n) is 4.99. The van der Waals surface area contributed by atoms with Gasteiger partial charge in [-0.3, -0.25) is 4.98 Å². The monoisotopic (exact) mass is 224 g/mol. The average molecular weight is 225 g/mol. The van der Waals surface area contributed by atoms with Crippen LogP contribution >= 0.6 is 11.6 Å². The van der Waals surface area contributed by atoms with Crippen LogP contribution in [0.3, 0.4) is 0 Å². The Morgan fingerprint density at radius 2 is 1.93 bits per heavy atom. The first kappa shape index (κ1) is 10.6. The molecule has 0 atom stereocenters. The fourth-order valence-electron chi connectivity index (χ4n) is 2.62. The number of aromatic nitrogens is 2. The van der Waals surface area contributed by atoms with Gasteiger partial charge < -0.3 is 4.79 Å². The lowest BCUT2D eigenvalue weighted by molar-refractivity contribution is -0.120. The molecule has 0 aliphatic heterocycles. The average Bonchev–Trinajstić information content (AvgIpc) is 2.14. The molecule has 0 unspecified atom stereocenters. The Morgan fingerprint density at radius 3 is 2.40 bits per heavy atom. The van der Waals surface area contributed by atoms with Crippen molar-refractivity contribution < 1.29 is 4.79 Å². The van der Waals surface area contributed by atoms with Gasteiger partial charge >= 0.3 is 0 Å². The van der Waals surface area contributed by atoms with Gasteiger partial charge in [0.25, 0.3) is 0 Å². The van der Waals surface area contributed by atoms with E-state index in [0.29, 0.717) is 10.8 Å². The van der Waals surface area contributed by atoms with Crippen molar-refractivity contribution in [2.75, 3.05) is 0 Å². The Balaban J connectivity index is 2.38. The Hall–Kier alpha value is -0.960. The second-order valence-corrected chi connectivity index (χ2v) is 5.35. The third-order valence-corrected chi connectivity index (χ3v) is 3.22. The summed E-state index contributed by atoms with van der Waals surface area (Å²) in [5.41, 5.74) is 0.317. The molecule has 1 fully saturated rings. The number of nitrogens with zero attached hydrogens (tertiary/aromatic N) is 2. The maximum atomic E-state index is 11.2. The van der Waals surface area contributed by atoms with Gasteiger partial charge in [-0.25, -0.2) is 4.98 Å². The summed E-state index contributed by atoms with van der Waals surface area (Å²) in [6, 6.07) is 0. The highest BCUT2D eigenvalue weighted by Gasteiger charge is 2.52. The molecule has 3 nitrogen and oxygen atoms in total. The van der Waals surface area contributed by atoms with Crippen LogP contribution in [0.1, 0.15) is 32.4 Å². The first-order valence-electron chi connectivity index (χ1n) is 4.92. The molecule has 0 spiro atoms. The first-order chi connectivity index (χ1) is 6.99. The summed E-state index contributed by atoms with van der Waals surface area (Å²) in [5, 5.41) is 0.347. The molecule has 0 bridgehead atoms. The highest BCUT2D eigenvalue weighted by Crippen LogP contribution is 2.54. The van der Waals surface area contributed by atoms with Gasteiger partial charge in [0.2, 0.25) is 0 Å². The van der Waals surface area contributed by atoms with Gasteiger partial charge in [0.05, 0.1) is 11.1 Å². The molecular weight excluding hydrogens is 212 g/mol. The highest BCUT2D eigenvalue weighted by atomic mass is 35.5. The molecule has 1 heterocycles. The molecule has 0 N–H and O–H groups in total.